The van der Waals surface area contributed by atoms with Crippen molar-refractivity contribution < 1.29 is 9.53 Å². The number of Topliss-reactive ketones (excluding diaryl/α,β-unsaturated/α-hetero) is 1. The molecule has 0 radical (unpaired) electrons. The van der Waals surface area contributed by atoms with Crippen LogP contribution in [-0.2, 0) is 0 Å². The minimum Gasteiger partial charge on any atom is -0.496 e. The fourth-order valence-electron chi connectivity index (χ4n) is 1.52. The summed E-state index contributed by atoms with van der Waals surface area (Å²) in [5, 5.41) is 9.00. The molecule has 0 aromatic heterocycles. The molecule has 0 bridgehead atoms. The van der Waals surface area contributed by atoms with Crippen LogP contribution in [0.25, 0.3) is 0 Å². The van der Waals surface area contributed by atoms with Gasteiger partial charge in [0.25, 0.3) is 0 Å². The summed E-state index contributed by atoms with van der Waals surface area (Å²) in [4.78, 5) is 12.2. The summed E-state index contributed by atoms with van der Waals surface area (Å²) in [6, 6.07) is 5.64. The van der Waals surface area contributed by atoms with Crippen LogP contribution < -0.4 is 4.74 Å². The van der Waals surface area contributed by atoms with Gasteiger partial charge >= 0.3 is 0 Å². The average molecular weight is 231 g/mol. The molecule has 17 heavy (non-hydrogen) atoms. The van der Waals surface area contributed by atoms with Crippen LogP contribution in [-0.4, -0.2) is 12.9 Å². The van der Waals surface area contributed by atoms with Gasteiger partial charge < -0.3 is 4.74 Å². The highest BCUT2D eigenvalue weighted by atomic mass is 16.5. The first-order chi connectivity index (χ1) is 7.83. The number of nitrogens with zero attached hydrogens (tertiary/aromatic N) is 1. The molecule has 0 fully saturated rings. The third-order valence-corrected chi connectivity index (χ3v) is 2.91. The molecule has 0 saturated carbocycles. The molecule has 0 saturated heterocycles. The number of ketones is 1. The lowest BCUT2D eigenvalue weighted by Crippen LogP contribution is -2.23. The maximum atomic E-state index is 12.2. The average Bonchev–Trinajstić information content (AvgIpc) is 2.31. The molecule has 0 spiro atoms. The molecule has 1 aromatic carbocycles. The lowest BCUT2D eigenvalue weighted by atomic mass is 9.84. The molecule has 0 atom stereocenters. The van der Waals surface area contributed by atoms with Gasteiger partial charge in [0.15, 0.2) is 5.78 Å². The largest absolute Gasteiger partial charge is 0.496 e. The highest BCUT2D eigenvalue weighted by Crippen LogP contribution is 2.29. The Hall–Kier alpha value is -1.82. The highest BCUT2D eigenvalue weighted by Gasteiger charge is 2.30. The van der Waals surface area contributed by atoms with Gasteiger partial charge in [-0.25, -0.2) is 0 Å². The fraction of sp³-hybridized carbons (Fsp3) is 0.429. The normalized spacial score (nSPS) is 10.8. The molecule has 0 amide bonds. The fourth-order valence-corrected chi connectivity index (χ4v) is 1.52. The molecule has 1 rings (SSSR count). The summed E-state index contributed by atoms with van der Waals surface area (Å²) in [5.74, 6) is 0.321. The zero-order valence-corrected chi connectivity index (χ0v) is 10.9. The van der Waals surface area contributed by atoms with Crippen LogP contribution in [0.3, 0.4) is 0 Å². The van der Waals surface area contributed by atoms with Crippen molar-refractivity contribution in [3.05, 3.63) is 28.8 Å². The Balaban J connectivity index is 3.37. The van der Waals surface area contributed by atoms with Crippen molar-refractivity contribution in [1.29, 1.82) is 5.26 Å². The van der Waals surface area contributed by atoms with E-state index in [-0.39, 0.29) is 5.78 Å². The maximum absolute atomic E-state index is 12.2. The summed E-state index contributed by atoms with van der Waals surface area (Å²) >= 11 is 0. The zero-order chi connectivity index (χ0) is 13.2. The SMILES string of the molecule is COc1cc(C)c(C)cc1C(=O)C(C)(C)C#N. The number of carbonyl (C=O) groups excluding carboxylic acids is 1. The Labute approximate surface area is 102 Å². The molecule has 90 valence electrons. The summed E-state index contributed by atoms with van der Waals surface area (Å²) in [7, 11) is 1.53. The molecule has 0 heterocycles. The predicted molar refractivity (Wildman–Crippen MR) is 66.2 cm³/mol. The van der Waals surface area contributed by atoms with Gasteiger partial charge in [-0.2, -0.15) is 5.26 Å². The van der Waals surface area contributed by atoms with E-state index < -0.39 is 5.41 Å². The second kappa shape index (κ2) is 4.58. The van der Waals surface area contributed by atoms with Gasteiger partial charge in [-0.3, -0.25) is 4.79 Å². The summed E-state index contributed by atoms with van der Waals surface area (Å²) in [5.41, 5.74) is 1.52. The van der Waals surface area contributed by atoms with Gasteiger partial charge in [0, 0.05) is 0 Å². The number of hydrogen-bond acceptors (Lipinski definition) is 3. The lowest BCUT2D eigenvalue weighted by Gasteiger charge is -2.17. The second-order valence-electron chi connectivity index (χ2n) is 4.70. The lowest BCUT2D eigenvalue weighted by molar-refractivity contribution is 0.0888. The van der Waals surface area contributed by atoms with E-state index in [1.165, 1.54) is 7.11 Å². The van der Waals surface area contributed by atoms with Gasteiger partial charge in [0.1, 0.15) is 11.2 Å². The van der Waals surface area contributed by atoms with Crippen LogP contribution in [0.4, 0.5) is 0 Å². The van der Waals surface area contributed by atoms with Gasteiger partial charge in [-0.15, -0.1) is 0 Å². The zero-order valence-electron chi connectivity index (χ0n) is 10.9. The topological polar surface area (TPSA) is 50.1 Å². The standard InChI is InChI=1S/C14H17NO2/c1-9-6-11(12(17-5)7-10(9)2)13(16)14(3,4)8-15/h6-7H,1-5H3. The monoisotopic (exact) mass is 231 g/mol. The van der Waals surface area contributed by atoms with Gasteiger partial charge in [0.2, 0.25) is 0 Å². The number of aryl methyl sites for hydroxylation is 2. The van der Waals surface area contributed by atoms with Crippen molar-refractivity contribution in [3.8, 4) is 11.8 Å². The number of rotatable bonds is 3. The molecule has 0 N–H and O–H groups in total. The van der Waals surface area contributed by atoms with E-state index in [9.17, 15) is 4.79 Å². The van der Waals surface area contributed by atoms with Gasteiger partial charge in [-0.1, -0.05) is 0 Å². The molecule has 0 aliphatic heterocycles. The maximum Gasteiger partial charge on any atom is 0.186 e. The molecular weight excluding hydrogens is 214 g/mol. The van der Waals surface area contributed by atoms with Crippen LogP contribution in [0, 0.1) is 30.6 Å². The van der Waals surface area contributed by atoms with Crippen LogP contribution in [0.2, 0.25) is 0 Å². The first kappa shape index (κ1) is 13.2. The Morgan fingerprint density at radius 1 is 1.29 bits per heavy atom. The summed E-state index contributed by atoms with van der Waals surface area (Å²) in [6.45, 7) is 7.13. The van der Waals surface area contributed by atoms with Crippen molar-refractivity contribution in [2.45, 2.75) is 27.7 Å². The minimum absolute atomic E-state index is 0.208. The van der Waals surface area contributed by atoms with Crippen molar-refractivity contribution in [2.24, 2.45) is 5.41 Å². The Morgan fingerprint density at radius 2 is 1.82 bits per heavy atom. The van der Waals surface area contributed by atoms with Crippen molar-refractivity contribution in [3.63, 3.8) is 0 Å². The molecule has 0 aliphatic rings. The van der Waals surface area contributed by atoms with E-state index in [1.807, 2.05) is 26.0 Å². The van der Waals surface area contributed by atoms with Crippen molar-refractivity contribution in [1.82, 2.24) is 0 Å². The molecule has 0 unspecified atom stereocenters. The van der Waals surface area contributed by atoms with Gasteiger partial charge in [0.05, 0.1) is 18.7 Å². The second-order valence-corrected chi connectivity index (χ2v) is 4.70. The van der Waals surface area contributed by atoms with Crippen LogP contribution in [0.15, 0.2) is 12.1 Å². The third kappa shape index (κ3) is 2.47. The van der Waals surface area contributed by atoms with E-state index in [0.29, 0.717) is 11.3 Å². The molecule has 3 nitrogen and oxygen atoms in total. The van der Waals surface area contributed by atoms with E-state index in [4.69, 9.17) is 10.00 Å². The van der Waals surface area contributed by atoms with E-state index >= 15 is 0 Å². The van der Waals surface area contributed by atoms with Crippen LogP contribution in [0.1, 0.15) is 35.3 Å². The number of benzene rings is 1. The number of carbonyl (C=O) groups is 1. The van der Waals surface area contributed by atoms with Crippen molar-refractivity contribution in [2.75, 3.05) is 7.11 Å². The van der Waals surface area contributed by atoms with E-state index in [0.717, 1.165) is 11.1 Å². The number of nitriles is 1. The Bertz CT molecular complexity index is 496. The van der Waals surface area contributed by atoms with Crippen LogP contribution in [0.5, 0.6) is 5.75 Å². The number of ether oxygens (including phenoxy) is 1. The Morgan fingerprint density at radius 3 is 2.29 bits per heavy atom. The van der Waals surface area contributed by atoms with E-state index in [2.05, 4.69) is 0 Å². The third-order valence-electron chi connectivity index (χ3n) is 2.91. The van der Waals surface area contributed by atoms with Crippen LogP contribution >= 0.6 is 0 Å². The Kier molecular flexibility index (Phi) is 3.57. The first-order valence-electron chi connectivity index (χ1n) is 5.44. The quantitative estimate of drug-likeness (QED) is 0.751. The summed E-state index contributed by atoms with van der Waals surface area (Å²) in [6.07, 6.45) is 0. The molecule has 0 aliphatic carbocycles. The minimum atomic E-state index is -1.03. The number of hydrogen-bond donors (Lipinski definition) is 0. The smallest absolute Gasteiger partial charge is 0.186 e. The first-order valence-corrected chi connectivity index (χ1v) is 5.44. The van der Waals surface area contributed by atoms with Gasteiger partial charge in [-0.05, 0) is 51.0 Å². The predicted octanol–water partition coefficient (Wildman–Crippen LogP) is 3.04. The number of methoxy groups -OCH3 is 1. The van der Waals surface area contributed by atoms with E-state index in [1.54, 1.807) is 19.9 Å². The highest BCUT2D eigenvalue weighted by molar-refractivity contribution is 6.04. The van der Waals surface area contributed by atoms with Crippen molar-refractivity contribution >= 4 is 5.78 Å². The molecular formula is C14H17NO2. The molecule has 3 heteroatoms. The summed E-state index contributed by atoms with van der Waals surface area (Å²) < 4.78 is 5.21. The molecule has 1 aromatic rings.